The topological polar surface area (TPSA) is 0 Å². The number of hydrogen-bond donors (Lipinski definition) is 0. The van der Waals surface area contributed by atoms with Crippen molar-refractivity contribution in [3.63, 3.8) is 0 Å². The van der Waals surface area contributed by atoms with Gasteiger partial charge in [-0.3, -0.25) is 0 Å². The first-order chi connectivity index (χ1) is 6.24. The number of halogens is 1. The highest BCUT2D eigenvalue weighted by Crippen LogP contribution is 2.16. The quantitative estimate of drug-likeness (QED) is 0.629. The second-order valence-electron chi connectivity index (χ2n) is 3.00. The summed E-state index contributed by atoms with van der Waals surface area (Å²) < 4.78 is 0. The van der Waals surface area contributed by atoms with Gasteiger partial charge in [-0.25, -0.2) is 0 Å². The molecule has 0 nitrogen and oxygen atoms in total. The maximum Gasteiger partial charge on any atom is 0.0408 e. The summed E-state index contributed by atoms with van der Waals surface area (Å²) in [5.74, 6) is 5.95. The van der Waals surface area contributed by atoms with Crippen molar-refractivity contribution in [1.82, 2.24) is 0 Å². The van der Waals surface area contributed by atoms with Gasteiger partial charge in [0.1, 0.15) is 0 Å². The molecule has 0 radical (unpaired) electrons. The second-order valence-corrected chi connectivity index (χ2v) is 3.43. The lowest BCUT2D eigenvalue weighted by Crippen LogP contribution is -1.88. The molecule has 0 aliphatic rings. The van der Waals surface area contributed by atoms with E-state index in [9.17, 15) is 0 Å². The van der Waals surface area contributed by atoms with Gasteiger partial charge in [-0.1, -0.05) is 17.7 Å². The molecule has 0 unspecified atom stereocenters. The van der Waals surface area contributed by atoms with Crippen molar-refractivity contribution in [2.75, 3.05) is 0 Å². The van der Waals surface area contributed by atoms with Gasteiger partial charge in [-0.15, -0.1) is 11.8 Å². The van der Waals surface area contributed by atoms with E-state index in [2.05, 4.69) is 24.8 Å². The lowest BCUT2D eigenvalue weighted by atomic mass is 10.0. The molecule has 0 atom stereocenters. The highest BCUT2D eigenvalue weighted by Gasteiger charge is 1.97. The molecule has 0 saturated heterocycles. The van der Waals surface area contributed by atoms with Crippen molar-refractivity contribution in [2.24, 2.45) is 0 Å². The molecule has 0 aliphatic carbocycles. The molecular formula is C12H13Cl. The molecule has 13 heavy (non-hydrogen) atoms. The van der Waals surface area contributed by atoms with Crippen molar-refractivity contribution in [3.8, 4) is 11.8 Å². The highest BCUT2D eigenvalue weighted by molar-refractivity contribution is 6.30. The smallest absolute Gasteiger partial charge is 0.0408 e. The second kappa shape index (κ2) is 4.94. The van der Waals surface area contributed by atoms with Crippen molar-refractivity contribution in [2.45, 2.75) is 26.7 Å². The lowest BCUT2D eigenvalue weighted by Gasteiger charge is -2.03. The zero-order chi connectivity index (χ0) is 9.68. The first-order valence-electron chi connectivity index (χ1n) is 4.38. The van der Waals surface area contributed by atoms with Gasteiger partial charge in [0.15, 0.2) is 0 Å². The highest BCUT2D eigenvalue weighted by atomic mass is 35.5. The van der Waals surface area contributed by atoms with Crippen LogP contribution in [0, 0.1) is 18.8 Å². The van der Waals surface area contributed by atoms with Crippen LogP contribution in [0.2, 0.25) is 5.02 Å². The van der Waals surface area contributed by atoms with Gasteiger partial charge in [0.25, 0.3) is 0 Å². The Morgan fingerprint density at radius 1 is 1.38 bits per heavy atom. The molecule has 1 aromatic rings. The minimum atomic E-state index is 0.808. The summed E-state index contributed by atoms with van der Waals surface area (Å²) in [7, 11) is 0. The van der Waals surface area contributed by atoms with E-state index < -0.39 is 0 Å². The standard InChI is InChI=1S/C12H13Cl/c1-3-4-5-6-11-7-8-12(13)9-10(11)2/h7-9H,5-6H2,1-2H3. The molecule has 1 heteroatoms. The summed E-state index contributed by atoms with van der Waals surface area (Å²) >= 11 is 5.85. The Morgan fingerprint density at radius 3 is 2.77 bits per heavy atom. The Morgan fingerprint density at radius 2 is 2.15 bits per heavy atom. The third kappa shape index (κ3) is 3.13. The average Bonchev–Trinajstić information content (AvgIpc) is 2.09. The first kappa shape index (κ1) is 10.2. The summed E-state index contributed by atoms with van der Waals surface area (Å²) in [6.07, 6.45) is 1.95. The minimum absolute atomic E-state index is 0.808. The summed E-state index contributed by atoms with van der Waals surface area (Å²) in [5.41, 5.74) is 2.59. The van der Waals surface area contributed by atoms with Crippen LogP contribution in [-0.4, -0.2) is 0 Å². The zero-order valence-electron chi connectivity index (χ0n) is 8.02. The summed E-state index contributed by atoms with van der Waals surface area (Å²) in [6.45, 7) is 3.95. The number of hydrogen-bond acceptors (Lipinski definition) is 0. The molecule has 0 N–H and O–H groups in total. The van der Waals surface area contributed by atoms with E-state index in [1.54, 1.807) is 0 Å². The summed E-state index contributed by atoms with van der Waals surface area (Å²) in [5, 5.41) is 0.808. The van der Waals surface area contributed by atoms with Gasteiger partial charge in [0, 0.05) is 11.4 Å². The largest absolute Gasteiger partial charge is 0.107 e. The lowest BCUT2D eigenvalue weighted by molar-refractivity contribution is 1.01. The molecule has 0 spiro atoms. The normalized spacial score (nSPS) is 9.15. The third-order valence-electron chi connectivity index (χ3n) is 2.00. The zero-order valence-corrected chi connectivity index (χ0v) is 8.78. The number of aryl methyl sites for hydroxylation is 2. The fraction of sp³-hybridized carbons (Fsp3) is 0.333. The van der Waals surface area contributed by atoms with E-state index in [0.717, 1.165) is 17.9 Å². The number of benzene rings is 1. The van der Waals surface area contributed by atoms with Crippen LogP contribution >= 0.6 is 11.6 Å². The maximum absolute atomic E-state index is 5.85. The molecule has 0 fully saturated rings. The van der Waals surface area contributed by atoms with Crippen molar-refractivity contribution >= 4 is 11.6 Å². The maximum atomic E-state index is 5.85. The fourth-order valence-electron chi connectivity index (χ4n) is 1.26. The van der Waals surface area contributed by atoms with E-state index in [1.165, 1.54) is 11.1 Å². The summed E-state index contributed by atoms with van der Waals surface area (Å²) in [4.78, 5) is 0. The Bertz CT molecular complexity index is 342. The fourth-order valence-corrected chi connectivity index (χ4v) is 1.49. The van der Waals surface area contributed by atoms with E-state index >= 15 is 0 Å². The van der Waals surface area contributed by atoms with Gasteiger partial charge < -0.3 is 0 Å². The predicted octanol–water partition coefficient (Wildman–Crippen LogP) is 3.60. The SMILES string of the molecule is CC#CCCc1ccc(Cl)cc1C. The molecule has 1 aromatic carbocycles. The van der Waals surface area contributed by atoms with Crippen molar-refractivity contribution < 1.29 is 0 Å². The molecule has 0 aromatic heterocycles. The van der Waals surface area contributed by atoms with Crippen LogP contribution < -0.4 is 0 Å². The van der Waals surface area contributed by atoms with Crippen LogP contribution in [0.3, 0.4) is 0 Å². The van der Waals surface area contributed by atoms with Gasteiger partial charge >= 0.3 is 0 Å². The summed E-state index contributed by atoms with van der Waals surface area (Å²) in [6, 6.07) is 6.01. The molecule has 0 bridgehead atoms. The monoisotopic (exact) mass is 192 g/mol. The van der Waals surface area contributed by atoms with Crippen LogP contribution in [0.25, 0.3) is 0 Å². The van der Waals surface area contributed by atoms with Gasteiger partial charge in [0.05, 0.1) is 0 Å². The average molecular weight is 193 g/mol. The van der Waals surface area contributed by atoms with E-state index in [0.29, 0.717) is 0 Å². The molecule has 0 aliphatic heterocycles. The van der Waals surface area contributed by atoms with E-state index in [-0.39, 0.29) is 0 Å². The van der Waals surface area contributed by atoms with E-state index in [1.807, 2.05) is 19.1 Å². The van der Waals surface area contributed by atoms with Crippen LogP contribution in [-0.2, 0) is 6.42 Å². The van der Waals surface area contributed by atoms with Gasteiger partial charge in [0.2, 0.25) is 0 Å². The Hall–Kier alpha value is -0.930. The Kier molecular flexibility index (Phi) is 3.86. The van der Waals surface area contributed by atoms with Gasteiger partial charge in [-0.2, -0.15) is 0 Å². The van der Waals surface area contributed by atoms with Crippen LogP contribution in [0.1, 0.15) is 24.5 Å². The van der Waals surface area contributed by atoms with Crippen molar-refractivity contribution in [1.29, 1.82) is 0 Å². The van der Waals surface area contributed by atoms with Crippen LogP contribution in [0.15, 0.2) is 18.2 Å². The molecular weight excluding hydrogens is 180 g/mol. The Balaban J connectivity index is 2.70. The molecule has 68 valence electrons. The number of rotatable bonds is 2. The van der Waals surface area contributed by atoms with Crippen LogP contribution in [0.4, 0.5) is 0 Å². The minimum Gasteiger partial charge on any atom is -0.107 e. The first-order valence-corrected chi connectivity index (χ1v) is 4.76. The molecule has 0 heterocycles. The Labute approximate surface area is 84.9 Å². The molecule has 0 amide bonds. The van der Waals surface area contributed by atoms with Crippen molar-refractivity contribution in [3.05, 3.63) is 34.3 Å². The molecule has 1 rings (SSSR count). The molecule has 0 saturated carbocycles. The third-order valence-corrected chi connectivity index (χ3v) is 2.24. The van der Waals surface area contributed by atoms with Crippen LogP contribution in [0.5, 0.6) is 0 Å². The predicted molar refractivity (Wildman–Crippen MR) is 58.0 cm³/mol. The van der Waals surface area contributed by atoms with Gasteiger partial charge in [-0.05, 0) is 43.5 Å². The van der Waals surface area contributed by atoms with E-state index in [4.69, 9.17) is 11.6 Å².